The number of rotatable bonds is 5. The van der Waals surface area contributed by atoms with Gasteiger partial charge in [-0.05, 0) is 18.4 Å². The maximum atomic E-state index is 12.3. The van der Waals surface area contributed by atoms with Crippen molar-refractivity contribution < 1.29 is 14.6 Å². The maximum absolute atomic E-state index is 12.3. The molecule has 3 N–H and O–H groups in total. The van der Waals surface area contributed by atoms with Crippen LogP contribution in [-0.2, 0) is 4.74 Å². The Hall–Kier alpha value is -1.44. The van der Waals surface area contributed by atoms with Gasteiger partial charge in [0, 0.05) is 31.9 Å². The quantitative estimate of drug-likeness (QED) is 0.674. The van der Waals surface area contributed by atoms with Crippen molar-refractivity contribution in [1.29, 1.82) is 0 Å². The van der Waals surface area contributed by atoms with Gasteiger partial charge in [-0.2, -0.15) is 5.10 Å². The van der Waals surface area contributed by atoms with E-state index in [9.17, 15) is 9.90 Å². The van der Waals surface area contributed by atoms with Crippen LogP contribution in [0.1, 0.15) is 42.4 Å². The first-order valence-corrected chi connectivity index (χ1v) is 6.82. The summed E-state index contributed by atoms with van der Waals surface area (Å²) in [5.41, 5.74) is 1.40. The van der Waals surface area contributed by atoms with E-state index in [1.165, 1.54) is 7.11 Å². The number of likely N-dealkylation sites (tertiary alicyclic amines) is 1. The summed E-state index contributed by atoms with van der Waals surface area (Å²) in [5, 5.41) is 19.2. The zero-order valence-corrected chi connectivity index (χ0v) is 12.1. The van der Waals surface area contributed by atoms with Gasteiger partial charge in [-0.15, -0.1) is 0 Å². The highest BCUT2D eigenvalue weighted by molar-refractivity contribution is 5.92. The van der Waals surface area contributed by atoms with Gasteiger partial charge in [0.2, 0.25) is 6.41 Å². The molecule has 1 aliphatic rings. The average molecular weight is 282 g/mol. The molecular weight excluding hydrogens is 260 g/mol. The SMILES string of the molecule is COC(O)NC1CCN(C(=O)c2cc(C(C)C)[nH]n2)C1. The van der Waals surface area contributed by atoms with E-state index in [2.05, 4.69) is 15.5 Å². The van der Waals surface area contributed by atoms with E-state index in [0.29, 0.717) is 24.7 Å². The number of H-pyrrole nitrogens is 1. The number of aliphatic hydroxyl groups is 1. The highest BCUT2D eigenvalue weighted by atomic mass is 16.6. The lowest BCUT2D eigenvalue weighted by atomic mass is 10.1. The lowest BCUT2D eigenvalue weighted by Gasteiger charge is -2.18. The first-order chi connectivity index (χ1) is 9.51. The van der Waals surface area contributed by atoms with Crippen molar-refractivity contribution in [2.24, 2.45) is 0 Å². The molecule has 1 aromatic rings. The second-order valence-electron chi connectivity index (χ2n) is 5.35. The number of ether oxygens (including phenoxy) is 1. The van der Waals surface area contributed by atoms with Crippen molar-refractivity contribution in [3.05, 3.63) is 17.5 Å². The van der Waals surface area contributed by atoms with Crippen LogP contribution in [0.4, 0.5) is 0 Å². The predicted octanol–water partition coefficient (Wildman–Crippen LogP) is 0.259. The number of carbonyl (C=O) groups is 1. The molecule has 1 aliphatic heterocycles. The Morgan fingerprint density at radius 1 is 1.65 bits per heavy atom. The number of nitrogens with zero attached hydrogens (tertiary/aromatic N) is 2. The van der Waals surface area contributed by atoms with Crippen LogP contribution in [-0.4, -0.2) is 58.8 Å². The zero-order chi connectivity index (χ0) is 14.7. The number of hydrogen-bond donors (Lipinski definition) is 3. The summed E-state index contributed by atoms with van der Waals surface area (Å²) in [5.74, 6) is 0.234. The first kappa shape index (κ1) is 15.0. The molecule has 7 nitrogen and oxygen atoms in total. The van der Waals surface area contributed by atoms with Crippen LogP contribution < -0.4 is 5.32 Å². The molecular formula is C13H22N4O3. The molecule has 2 unspecified atom stereocenters. The molecule has 0 spiro atoms. The van der Waals surface area contributed by atoms with Gasteiger partial charge >= 0.3 is 0 Å². The number of aromatic amines is 1. The number of nitrogens with one attached hydrogen (secondary N) is 2. The third kappa shape index (κ3) is 3.36. The summed E-state index contributed by atoms with van der Waals surface area (Å²) < 4.78 is 4.75. The lowest BCUT2D eigenvalue weighted by molar-refractivity contribution is -0.102. The van der Waals surface area contributed by atoms with Gasteiger partial charge in [-0.1, -0.05) is 13.8 Å². The van der Waals surface area contributed by atoms with E-state index < -0.39 is 6.41 Å². The summed E-state index contributed by atoms with van der Waals surface area (Å²) in [6.07, 6.45) is -0.207. The van der Waals surface area contributed by atoms with Gasteiger partial charge in [0.05, 0.1) is 0 Å². The molecule has 2 rings (SSSR count). The van der Waals surface area contributed by atoms with Crippen LogP contribution in [0.25, 0.3) is 0 Å². The fraction of sp³-hybridized carbons (Fsp3) is 0.692. The fourth-order valence-electron chi connectivity index (χ4n) is 2.25. The van der Waals surface area contributed by atoms with Gasteiger partial charge in [-0.3, -0.25) is 15.2 Å². The van der Waals surface area contributed by atoms with Crippen molar-refractivity contribution in [3.63, 3.8) is 0 Å². The van der Waals surface area contributed by atoms with Crippen molar-refractivity contribution in [1.82, 2.24) is 20.4 Å². The van der Waals surface area contributed by atoms with Crippen molar-refractivity contribution in [2.45, 2.75) is 38.6 Å². The van der Waals surface area contributed by atoms with Crippen molar-refractivity contribution in [3.8, 4) is 0 Å². The van der Waals surface area contributed by atoms with Crippen LogP contribution in [0.15, 0.2) is 6.07 Å². The molecule has 0 aromatic carbocycles. The third-order valence-electron chi connectivity index (χ3n) is 3.52. The van der Waals surface area contributed by atoms with Crippen LogP contribution in [0, 0.1) is 0 Å². The predicted molar refractivity (Wildman–Crippen MR) is 73.1 cm³/mol. The number of carbonyl (C=O) groups excluding carboxylic acids is 1. The Morgan fingerprint density at radius 3 is 3.00 bits per heavy atom. The standard InChI is InChI=1S/C13H22N4O3/c1-8(2)10-6-11(16-15-10)12(18)17-5-4-9(7-17)14-13(19)20-3/h6,8-9,13-14,19H,4-5,7H2,1-3H3,(H,15,16). The summed E-state index contributed by atoms with van der Waals surface area (Å²) in [4.78, 5) is 14.0. The molecule has 20 heavy (non-hydrogen) atoms. The van der Waals surface area contributed by atoms with Gasteiger partial charge in [0.15, 0.2) is 0 Å². The Labute approximate surface area is 118 Å². The normalized spacial score (nSPS) is 20.6. The van der Waals surface area contributed by atoms with Gasteiger partial charge < -0.3 is 14.7 Å². The molecule has 2 atom stereocenters. The largest absolute Gasteiger partial charge is 0.356 e. The Kier molecular flexibility index (Phi) is 4.74. The molecule has 0 bridgehead atoms. The van der Waals surface area contributed by atoms with Gasteiger partial charge in [-0.25, -0.2) is 0 Å². The number of hydrogen-bond acceptors (Lipinski definition) is 5. The van der Waals surface area contributed by atoms with E-state index in [0.717, 1.165) is 12.1 Å². The summed E-state index contributed by atoms with van der Waals surface area (Å²) in [7, 11) is 1.42. The van der Waals surface area contributed by atoms with Crippen LogP contribution >= 0.6 is 0 Å². The van der Waals surface area contributed by atoms with Crippen LogP contribution in [0.5, 0.6) is 0 Å². The summed E-state index contributed by atoms with van der Waals surface area (Å²) in [6.45, 7) is 5.29. The molecule has 0 saturated carbocycles. The van der Waals surface area contributed by atoms with Crippen LogP contribution in [0.3, 0.4) is 0 Å². The van der Waals surface area contributed by atoms with E-state index in [4.69, 9.17) is 4.74 Å². The van der Waals surface area contributed by atoms with Crippen molar-refractivity contribution in [2.75, 3.05) is 20.2 Å². The molecule has 0 aliphatic carbocycles. The number of amides is 1. The minimum atomic E-state index is -0.993. The minimum Gasteiger partial charge on any atom is -0.356 e. The Morgan fingerprint density at radius 2 is 2.40 bits per heavy atom. The van der Waals surface area contributed by atoms with Gasteiger partial charge in [0.25, 0.3) is 5.91 Å². The lowest BCUT2D eigenvalue weighted by Crippen LogP contribution is -2.41. The maximum Gasteiger partial charge on any atom is 0.274 e. The van der Waals surface area contributed by atoms with E-state index in [1.807, 2.05) is 13.8 Å². The second-order valence-corrected chi connectivity index (χ2v) is 5.35. The number of aliphatic hydroxyl groups excluding tert-OH is 1. The van der Waals surface area contributed by atoms with Gasteiger partial charge in [0.1, 0.15) is 5.69 Å². The molecule has 0 radical (unpaired) electrons. The third-order valence-corrected chi connectivity index (χ3v) is 3.52. The highest BCUT2D eigenvalue weighted by Crippen LogP contribution is 2.16. The van der Waals surface area contributed by atoms with E-state index >= 15 is 0 Å². The van der Waals surface area contributed by atoms with E-state index in [-0.39, 0.29) is 11.9 Å². The van der Waals surface area contributed by atoms with Crippen molar-refractivity contribution >= 4 is 5.91 Å². The second kappa shape index (κ2) is 6.34. The summed E-state index contributed by atoms with van der Waals surface area (Å²) >= 11 is 0. The monoisotopic (exact) mass is 282 g/mol. The molecule has 1 amide bonds. The number of aromatic nitrogens is 2. The topological polar surface area (TPSA) is 90.5 Å². The highest BCUT2D eigenvalue weighted by Gasteiger charge is 2.29. The molecule has 1 saturated heterocycles. The average Bonchev–Trinajstić information content (AvgIpc) is 3.06. The molecule has 7 heteroatoms. The minimum absolute atomic E-state index is 0.0393. The summed E-state index contributed by atoms with van der Waals surface area (Å²) in [6, 6.07) is 1.84. The molecule has 1 aromatic heterocycles. The smallest absolute Gasteiger partial charge is 0.274 e. The first-order valence-electron chi connectivity index (χ1n) is 6.82. The fourth-order valence-corrected chi connectivity index (χ4v) is 2.25. The Bertz CT molecular complexity index is 460. The number of methoxy groups -OCH3 is 1. The van der Waals surface area contributed by atoms with E-state index in [1.54, 1.807) is 11.0 Å². The molecule has 2 heterocycles. The van der Waals surface area contributed by atoms with Crippen LogP contribution in [0.2, 0.25) is 0 Å². The Balaban J connectivity index is 1.93. The molecule has 112 valence electrons. The zero-order valence-electron chi connectivity index (χ0n) is 12.1. The molecule has 1 fully saturated rings.